The Bertz CT molecular complexity index is 854. The normalized spacial score (nSPS) is 18.6. The highest BCUT2D eigenvalue weighted by atomic mass is 16.4. The van der Waals surface area contributed by atoms with E-state index in [1.807, 2.05) is 13.8 Å². The molecule has 10 nitrogen and oxygen atoms in total. The molecule has 0 radical (unpaired) electrons. The van der Waals surface area contributed by atoms with Gasteiger partial charge in [0, 0.05) is 0 Å². The Morgan fingerprint density at radius 2 is 1.65 bits per heavy atom. The van der Waals surface area contributed by atoms with Gasteiger partial charge in [0.15, 0.2) is 6.04 Å². The van der Waals surface area contributed by atoms with Crippen molar-refractivity contribution >= 4 is 35.2 Å². The number of carboxylic acids is 1. The first-order valence-corrected chi connectivity index (χ1v) is 10.2. The van der Waals surface area contributed by atoms with Gasteiger partial charge in [-0.05, 0) is 30.9 Å². The van der Waals surface area contributed by atoms with Gasteiger partial charge in [0.05, 0.1) is 17.5 Å². The summed E-state index contributed by atoms with van der Waals surface area (Å²) in [5, 5.41) is 26.5. The number of aliphatic carboxylic acids is 1. The number of rotatable bonds is 7. The number of anilines is 2. The molecule has 1 aromatic carbocycles. The van der Waals surface area contributed by atoms with Crippen LogP contribution in [0.2, 0.25) is 0 Å². The first kappa shape index (κ1) is 24.1. The van der Waals surface area contributed by atoms with Crippen molar-refractivity contribution < 1.29 is 29.4 Å². The van der Waals surface area contributed by atoms with Crippen molar-refractivity contribution in [3.8, 4) is 0 Å². The second-order valence-electron chi connectivity index (χ2n) is 8.30. The molecule has 1 heterocycles. The predicted molar refractivity (Wildman–Crippen MR) is 115 cm³/mol. The second kappa shape index (κ2) is 9.78. The zero-order chi connectivity index (χ0) is 23.5. The molecule has 1 aliphatic rings. The highest BCUT2D eigenvalue weighted by molar-refractivity contribution is 6.12. The van der Waals surface area contributed by atoms with Gasteiger partial charge in [-0.3, -0.25) is 14.5 Å². The number of amides is 4. The average Bonchev–Trinajstić information content (AvgIpc) is 2.67. The summed E-state index contributed by atoms with van der Waals surface area (Å²) in [6.45, 7) is 8.26. The molecule has 2 rings (SSSR count). The van der Waals surface area contributed by atoms with Gasteiger partial charge in [-0.2, -0.15) is 0 Å². The van der Waals surface area contributed by atoms with Crippen molar-refractivity contribution in [1.82, 2.24) is 10.6 Å². The molecule has 170 valence electrons. The third-order valence-electron chi connectivity index (χ3n) is 5.09. The van der Waals surface area contributed by atoms with Gasteiger partial charge >= 0.3 is 12.0 Å². The summed E-state index contributed by atoms with van der Waals surface area (Å²) in [5.74, 6) is -3.07. The first-order chi connectivity index (χ1) is 14.5. The van der Waals surface area contributed by atoms with Crippen LogP contribution in [0.25, 0.3) is 0 Å². The number of benzene rings is 1. The summed E-state index contributed by atoms with van der Waals surface area (Å²) < 4.78 is 0. The molecule has 4 amide bonds. The summed E-state index contributed by atoms with van der Waals surface area (Å²) in [4.78, 5) is 51.3. The van der Waals surface area contributed by atoms with Crippen molar-refractivity contribution in [2.75, 3.05) is 10.2 Å². The van der Waals surface area contributed by atoms with E-state index in [1.165, 1.54) is 11.8 Å². The van der Waals surface area contributed by atoms with Gasteiger partial charge in [0.1, 0.15) is 12.1 Å². The number of fused-ring (bicyclic) bond motifs is 1. The van der Waals surface area contributed by atoms with Crippen LogP contribution in [-0.4, -0.2) is 58.3 Å². The molecular formula is C21H30N4O6. The van der Waals surface area contributed by atoms with E-state index >= 15 is 0 Å². The smallest absolute Gasteiger partial charge is 0.328 e. The van der Waals surface area contributed by atoms with Crippen LogP contribution in [-0.2, 0) is 14.4 Å². The van der Waals surface area contributed by atoms with Gasteiger partial charge in [-0.15, -0.1) is 0 Å². The van der Waals surface area contributed by atoms with Gasteiger partial charge in [0.25, 0.3) is 0 Å². The van der Waals surface area contributed by atoms with Crippen molar-refractivity contribution in [3.63, 3.8) is 0 Å². The Hall–Kier alpha value is -3.14. The molecule has 4 atom stereocenters. The summed E-state index contributed by atoms with van der Waals surface area (Å²) in [5.41, 5.74) is 0.971. The third kappa shape index (κ3) is 5.32. The van der Waals surface area contributed by atoms with Crippen LogP contribution in [0.15, 0.2) is 24.3 Å². The molecule has 31 heavy (non-hydrogen) atoms. The van der Waals surface area contributed by atoms with Crippen LogP contribution in [0.3, 0.4) is 0 Å². The number of aliphatic hydroxyl groups excluding tert-OH is 1. The van der Waals surface area contributed by atoms with Gasteiger partial charge in [0.2, 0.25) is 11.8 Å². The topological polar surface area (TPSA) is 148 Å². The number of carbonyl (C=O) groups excluding carboxylic acids is 3. The fourth-order valence-corrected chi connectivity index (χ4v) is 3.47. The van der Waals surface area contributed by atoms with Crippen molar-refractivity contribution in [3.05, 3.63) is 24.3 Å². The minimum Gasteiger partial charge on any atom is -0.480 e. The monoisotopic (exact) mass is 434 g/mol. The molecule has 1 aromatic rings. The van der Waals surface area contributed by atoms with E-state index in [0.717, 1.165) is 0 Å². The van der Waals surface area contributed by atoms with Crippen LogP contribution in [0.1, 0.15) is 34.6 Å². The van der Waals surface area contributed by atoms with Crippen molar-refractivity contribution in [2.24, 2.45) is 11.8 Å². The lowest BCUT2D eigenvalue weighted by Gasteiger charge is -2.39. The van der Waals surface area contributed by atoms with Crippen LogP contribution in [0, 0.1) is 11.8 Å². The minimum absolute atomic E-state index is 0.211. The molecule has 0 aliphatic carbocycles. The summed E-state index contributed by atoms with van der Waals surface area (Å²) in [7, 11) is 0. The summed E-state index contributed by atoms with van der Waals surface area (Å²) >= 11 is 0. The van der Waals surface area contributed by atoms with Gasteiger partial charge in [-0.1, -0.05) is 39.8 Å². The fourth-order valence-electron chi connectivity index (χ4n) is 3.47. The number of hydrogen-bond donors (Lipinski definition) is 5. The molecule has 0 saturated heterocycles. The van der Waals surface area contributed by atoms with E-state index < -0.39 is 48.1 Å². The number of carboxylic acid groups (broad SMARTS) is 1. The molecule has 0 fully saturated rings. The minimum atomic E-state index is -1.52. The maximum atomic E-state index is 13.3. The molecule has 10 heteroatoms. The molecule has 0 bridgehead atoms. The summed E-state index contributed by atoms with van der Waals surface area (Å²) in [6, 6.07) is 2.79. The predicted octanol–water partition coefficient (Wildman–Crippen LogP) is 1.15. The van der Waals surface area contributed by atoms with Gasteiger partial charge < -0.3 is 26.2 Å². The molecule has 1 aliphatic heterocycles. The second-order valence-corrected chi connectivity index (χ2v) is 8.30. The maximum absolute atomic E-state index is 13.3. The Labute approximate surface area is 181 Å². The average molecular weight is 434 g/mol. The lowest BCUT2D eigenvalue weighted by molar-refractivity contribution is -0.145. The van der Waals surface area contributed by atoms with E-state index in [2.05, 4.69) is 16.0 Å². The SMILES string of the molecule is CC(C)[C@H](NC(=O)N1c2ccccc2NC(=O)[C@@H]1C(C)C)C(=O)N[C@H](C(=O)O)C(C)O. The van der Waals surface area contributed by atoms with E-state index in [4.69, 9.17) is 0 Å². The molecule has 5 N–H and O–H groups in total. The first-order valence-electron chi connectivity index (χ1n) is 10.2. The molecule has 0 saturated carbocycles. The fraction of sp³-hybridized carbons (Fsp3) is 0.524. The Morgan fingerprint density at radius 1 is 1.03 bits per heavy atom. The van der Waals surface area contributed by atoms with E-state index in [-0.39, 0.29) is 11.8 Å². The number of nitrogens with zero attached hydrogens (tertiary/aromatic N) is 1. The number of carbonyl (C=O) groups is 4. The van der Waals surface area contributed by atoms with Crippen molar-refractivity contribution in [1.29, 1.82) is 0 Å². The van der Waals surface area contributed by atoms with Crippen LogP contribution < -0.4 is 20.9 Å². The largest absolute Gasteiger partial charge is 0.480 e. The highest BCUT2D eigenvalue weighted by Gasteiger charge is 2.40. The maximum Gasteiger partial charge on any atom is 0.328 e. The van der Waals surface area contributed by atoms with Crippen molar-refractivity contribution in [2.45, 2.75) is 58.8 Å². The van der Waals surface area contributed by atoms with E-state index in [0.29, 0.717) is 11.4 Å². The van der Waals surface area contributed by atoms with Crippen LogP contribution in [0.4, 0.5) is 16.2 Å². The number of urea groups is 1. The summed E-state index contributed by atoms with van der Waals surface area (Å²) in [6.07, 6.45) is -1.33. The van der Waals surface area contributed by atoms with E-state index in [9.17, 15) is 29.4 Å². The number of para-hydroxylation sites is 2. The molecular weight excluding hydrogens is 404 g/mol. The van der Waals surface area contributed by atoms with E-state index in [1.54, 1.807) is 38.1 Å². The Kier molecular flexibility index (Phi) is 7.61. The number of nitrogens with one attached hydrogen (secondary N) is 3. The van der Waals surface area contributed by atoms with Gasteiger partial charge in [-0.25, -0.2) is 9.59 Å². The third-order valence-corrected chi connectivity index (χ3v) is 5.09. The standard InChI is InChI=1S/C21H30N4O6/c1-10(2)15(18(27)23-16(12(5)26)20(29)30)24-21(31)25-14-9-7-6-8-13(14)22-19(28)17(25)11(3)4/h6-12,15-17,26H,1-5H3,(H,22,28)(H,23,27)(H,24,31)(H,29,30)/t12?,15-,16-,17-/m0/s1. The number of hydrogen-bond acceptors (Lipinski definition) is 5. The van der Waals surface area contributed by atoms with Crippen LogP contribution >= 0.6 is 0 Å². The lowest BCUT2D eigenvalue weighted by atomic mass is 9.97. The highest BCUT2D eigenvalue weighted by Crippen LogP contribution is 2.34. The molecule has 0 spiro atoms. The molecule has 0 aromatic heterocycles. The Balaban J connectivity index is 2.33. The number of aliphatic hydroxyl groups is 1. The zero-order valence-electron chi connectivity index (χ0n) is 18.2. The quantitative estimate of drug-likeness (QED) is 0.435. The lowest BCUT2D eigenvalue weighted by Crippen LogP contribution is -2.61. The zero-order valence-corrected chi connectivity index (χ0v) is 18.2. The Morgan fingerprint density at radius 3 is 2.16 bits per heavy atom. The molecule has 1 unspecified atom stereocenters. The van der Waals surface area contributed by atoms with Crippen LogP contribution in [0.5, 0.6) is 0 Å².